The fourth-order valence-electron chi connectivity index (χ4n) is 3.93. The first-order valence-electron chi connectivity index (χ1n) is 9.55. The van der Waals surface area contributed by atoms with E-state index < -0.39 is 6.10 Å². The molecule has 1 aliphatic carbocycles. The first-order chi connectivity index (χ1) is 12.6. The van der Waals surface area contributed by atoms with E-state index >= 15 is 0 Å². The van der Waals surface area contributed by atoms with Crippen molar-refractivity contribution >= 4 is 5.91 Å². The number of aliphatic hydroxyl groups excluding tert-OH is 1. The summed E-state index contributed by atoms with van der Waals surface area (Å²) in [5, 5.41) is 16.8. The molecule has 8 nitrogen and oxygen atoms in total. The van der Waals surface area contributed by atoms with Crippen LogP contribution in [0.25, 0.3) is 0 Å². The molecule has 0 radical (unpaired) electrons. The average molecular weight is 364 g/mol. The number of imidazole rings is 1. The predicted octanol–water partition coefficient (Wildman–Crippen LogP) is -0.146. The number of aryl methyl sites for hydroxylation is 1. The zero-order chi connectivity index (χ0) is 18.1. The molecule has 4 rings (SSSR count). The highest BCUT2D eigenvalue weighted by Crippen LogP contribution is 2.35. The molecule has 1 aromatic heterocycles. The molecule has 5 atom stereocenters. The van der Waals surface area contributed by atoms with E-state index in [2.05, 4.69) is 15.6 Å². The Morgan fingerprint density at radius 3 is 2.92 bits per heavy atom. The number of hydrogen-bond acceptors (Lipinski definition) is 6. The highest BCUT2D eigenvalue weighted by atomic mass is 16.6. The monoisotopic (exact) mass is 364 g/mol. The first kappa shape index (κ1) is 17.9. The fraction of sp³-hybridized carbons (Fsp3) is 0.778. The van der Waals surface area contributed by atoms with E-state index in [4.69, 9.17) is 9.47 Å². The summed E-state index contributed by atoms with van der Waals surface area (Å²) in [6.07, 6.45) is 6.68. The van der Waals surface area contributed by atoms with Gasteiger partial charge in [-0.25, -0.2) is 4.98 Å². The number of fused-ring (bicyclic) bond motifs is 1. The fourth-order valence-corrected chi connectivity index (χ4v) is 3.93. The highest BCUT2D eigenvalue weighted by molar-refractivity contribution is 5.76. The van der Waals surface area contributed by atoms with Crippen LogP contribution in [-0.4, -0.2) is 63.7 Å². The SMILES string of the molecule is Cn1ccnc1CNC(=O)CC1CC2OC(CNC3CCC3)C(O)C2O1. The Balaban J connectivity index is 1.19. The van der Waals surface area contributed by atoms with Crippen molar-refractivity contribution in [3.05, 3.63) is 18.2 Å². The number of ether oxygens (including phenoxy) is 2. The molecule has 1 saturated carbocycles. The molecule has 0 bridgehead atoms. The molecular weight excluding hydrogens is 336 g/mol. The lowest BCUT2D eigenvalue weighted by molar-refractivity contribution is -0.125. The molecule has 0 aromatic carbocycles. The second-order valence-corrected chi connectivity index (χ2v) is 7.63. The number of rotatable bonds is 7. The van der Waals surface area contributed by atoms with Crippen molar-refractivity contribution in [1.29, 1.82) is 0 Å². The van der Waals surface area contributed by atoms with E-state index in [1.54, 1.807) is 6.20 Å². The summed E-state index contributed by atoms with van der Waals surface area (Å²) in [4.78, 5) is 16.3. The third kappa shape index (κ3) is 3.78. The molecule has 2 saturated heterocycles. The topological polar surface area (TPSA) is 97.6 Å². The molecule has 3 fully saturated rings. The Bertz CT molecular complexity index is 632. The Morgan fingerprint density at radius 1 is 1.42 bits per heavy atom. The van der Waals surface area contributed by atoms with Crippen LogP contribution < -0.4 is 10.6 Å². The van der Waals surface area contributed by atoms with Gasteiger partial charge >= 0.3 is 0 Å². The van der Waals surface area contributed by atoms with Crippen LogP contribution in [0.15, 0.2) is 12.4 Å². The number of amides is 1. The average Bonchev–Trinajstić information content (AvgIpc) is 3.22. The van der Waals surface area contributed by atoms with Gasteiger partial charge in [-0.05, 0) is 12.8 Å². The van der Waals surface area contributed by atoms with Gasteiger partial charge < -0.3 is 29.8 Å². The van der Waals surface area contributed by atoms with Crippen LogP contribution in [0.4, 0.5) is 0 Å². The van der Waals surface area contributed by atoms with Crippen LogP contribution >= 0.6 is 0 Å². The maximum absolute atomic E-state index is 12.1. The van der Waals surface area contributed by atoms with Crippen molar-refractivity contribution in [2.24, 2.45) is 7.05 Å². The molecule has 5 unspecified atom stereocenters. The molecule has 2 aliphatic heterocycles. The van der Waals surface area contributed by atoms with Crippen molar-refractivity contribution in [1.82, 2.24) is 20.2 Å². The van der Waals surface area contributed by atoms with Gasteiger partial charge in [0.25, 0.3) is 0 Å². The van der Waals surface area contributed by atoms with Crippen molar-refractivity contribution < 1.29 is 19.4 Å². The van der Waals surface area contributed by atoms with Crippen LogP contribution in [-0.2, 0) is 27.9 Å². The van der Waals surface area contributed by atoms with E-state index in [0.717, 1.165) is 5.82 Å². The van der Waals surface area contributed by atoms with Crippen LogP contribution in [0.1, 0.15) is 37.9 Å². The van der Waals surface area contributed by atoms with Crippen LogP contribution in [0, 0.1) is 0 Å². The van der Waals surface area contributed by atoms with Gasteiger partial charge in [-0.3, -0.25) is 4.79 Å². The van der Waals surface area contributed by atoms with Gasteiger partial charge in [-0.2, -0.15) is 0 Å². The van der Waals surface area contributed by atoms with E-state index in [-0.39, 0.29) is 36.7 Å². The van der Waals surface area contributed by atoms with Gasteiger partial charge in [0.2, 0.25) is 5.91 Å². The number of nitrogens with one attached hydrogen (secondary N) is 2. The molecule has 1 amide bonds. The molecule has 3 aliphatic rings. The van der Waals surface area contributed by atoms with Crippen LogP contribution in [0.5, 0.6) is 0 Å². The lowest BCUT2D eigenvalue weighted by Gasteiger charge is -2.29. The number of carbonyl (C=O) groups is 1. The molecule has 1 aromatic rings. The highest BCUT2D eigenvalue weighted by Gasteiger charge is 2.50. The largest absolute Gasteiger partial charge is 0.388 e. The third-order valence-electron chi connectivity index (χ3n) is 5.77. The van der Waals surface area contributed by atoms with Crippen molar-refractivity contribution in [2.45, 2.75) is 75.2 Å². The summed E-state index contributed by atoms with van der Waals surface area (Å²) >= 11 is 0. The number of aromatic nitrogens is 2. The van der Waals surface area contributed by atoms with Gasteiger partial charge in [-0.15, -0.1) is 0 Å². The van der Waals surface area contributed by atoms with E-state index in [0.29, 0.717) is 25.6 Å². The minimum Gasteiger partial charge on any atom is -0.388 e. The van der Waals surface area contributed by atoms with E-state index in [1.165, 1.54) is 19.3 Å². The minimum absolute atomic E-state index is 0.0735. The van der Waals surface area contributed by atoms with Crippen molar-refractivity contribution in [3.8, 4) is 0 Å². The Morgan fingerprint density at radius 2 is 2.27 bits per heavy atom. The van der Waals surface area contributed by atoms with Crippen molar-refractivity contribution in [2.75, 3.05) is 6.54 Å². The van der Waals surface area contributed by atoms with Gasteiger partial charge in [0.05, 0.1) is 31.3 Å². The van der Waals surface area contributed by atoms with Crippen LogP contribution in [0.3, 0.4) is 0 Å². The summed E-state index contributed by atoms with van der Waals surface area (Å²) in [6.45, 7) is 1.06. The first-order valence-corrected chi connectivity index (χ1v) is 9.55. The van der Waals surface area contributed by atoms with E-state index in [1.807, 2.05) is 17.8 Å². The van der Waals surface area contributed by atoms with Gasteiger partial charge in [0.1, 0.15) is 18.0 Å². The molecule has 0 spiro atoms. The standard InChI is InChI=1S/C18H28N4O4/c1-22-6-5-19-15(22)10-21-16(23)8-12-7-13-18(25-12)17(24)14(26-13)9-20-11-3-2-4-11/h5-6,11-14,17-18,20,24H,2-4,7-10H2,1H3,(H,21,23). The second-order valence-electron chi connectivity index (χ2n) is 7.63. The quantitative estimate of drug-likeness (QED) is 0.623. The summed E-state index contributed by atoms with van der Waals surface area (Å²) in [7, 11) is 1.89. The van der Waals surface area contributed by atoms with Gasteiger partial charge in [0.15, 0.2) is 0 Å². The van der Waals surface area contributed by atoms with Crippen molar-refractivity contribution in [3.63, 3.8) is 0 Å². The molecule has 8 heteroatoms. The number of hydrogen-bond donors (Lipinski definition) is 3. The van der Waals surface area contributed by atoms with Gasteiger partial charge in [0, 0.05) is 38.4 Å². The molecular formula is C18H28N4O4. The molecule has 3 N–H and O–H groups in total. The number of nitrogens with zero attached hydrogens (tertiary/aromatic N) is 2. The smallest absolute Gasteiger partial charge is 0.222 e. The molecule has 26 heavy (non-hydrogen) atoms. The lowest BCUT2D eigenvalue weighted by atomic mass is 9.93. The van der Waals surface area contributed by atoms with Gasteiger partial charge in [-0.1, -0.05) is 6.42 Å². The van der Waals surface area contributed by atoms with E-state index in [9.17, 15) is 9.90 Å². The minimum atomic E-state index is -0.631. The molecule has 3 heterocycles. The summed E-state index contributed by atoms with van der Waals surface area (Å²) < 4.78 is 13.8. The summed E-state index contributed by atoms with van der Waals surface area (Å²) in [5.41, 5.74) is 0. The number of carbonyl (C=O) groups excluding carboxylic acids is 1. The summed E-state index contributed by atoms with van der Waals surface area (Å²) in [5.74, 6) is 0.735. The predicted molar refractivity (Wildman–Crippen MR) is 93.3 cm³/mol. The Labute approximate surface area is 153 Å². The third-order valence-corrected chi connectivity index (χ3v) is 5.77. The lowest BCUT2D eigenvalue weighted by Crippen LogP contribution is -2.44. The second kappa shape index (κ2) is 7.64. The molecule has 144 valence electrons. The Hall–Kier alpha value is -1.48. The normalized spacial score (nSPS) is 33.8. The zero-order valence-corrected chi connectivity index (χ0v) is 15.1. The maximum Gasteiger partial charge on any atom is 0.222 e. The summed E-state index contributed by atoms with van der Waals surface area (Å²) in [6, 6.07) is 0.572. The Kier molecular flexibility index (Phi) is 5.26. The zero-order valence-electron chi connectivity index (χ0n) is 15.1. The number of aliphatic hydroxyl groups is 1. The maximum atomic E-state index is 12.1. The van der Waals surface area contributed by atoms with Crippen LogP contribution in [0.2, 0.25) is 0 Å².